The quantitative estimate of drug-likeness (QED) is 0.744. The third-order valence-corrected chi connectivity index (χ3v) is 9.38. The third kappa shape index (κ3) is 1.23. The number of fused-ring (bicyclic) bond motifs is 1. The van der Waals surface area contributed by atoms with E-state index in [0.29, 0.717) is 24.5 Å². The standard InChI is InChI=1S/C14H20N2O5S/c1-7-10(17)11(21-15-7)12(18)16-9-6-8-4-5-14(9,13(8,2)3)22(16,19)20/h8-11,17H,4-6H2,1-3H3/t8-,9-,10-,11-,14-/m1/s1. The van der Waals surface area contributed by atoms with E-state index in [2.05, 4.69) is 5.16 Å². The summed E-state index contributed by atoms with van der Waals surface area (Å²) in [7, 11) is -3.71. The van der Waals surface area contributed by atoms with Crippen molar-refractivity contribution in [2.24, 2.45) is 16.5 Å². The topological polar surface area (TPSA) is 96.3 Å². The molecule has 1 amide bonds. The highest BCUT2D eigenvalue weighted by molar-refractivity contribution is 7.92. The first kappa shape index (κ1) is 14.4. The van der Waals surface area contributed by atoms with Crippen LogP contribution in [0.15, 0.2) is 5.16 Å². The minimum atomic E-state index is -3.71. The van der Waals surface area contributed by atoms with Gasteiger partial charge < -0.3 is 9.94 Å². The molecule has 1 N–H and O–H groups in total. The van der Waals surface area contributed by atoms with Crippen molar-refractivity contribution in [1.29, 1.82) is 0 Å². The van der Waals surface area contributed by atoms with E-state index in [1.165, 1.54) is 0 Å². The van der Waals surface area contributed by atoms with Crippen molar-refractivity contribution in [2.75, 3.05) is 0 Å². The summed E-state index contributed by atoms with van der Waals surface area (Å²) in [6, 6.07) is -0.296. The molecule has 0 aromatic heterocycles. The molecule has 2 bridgehead atoms. The van der Waals surface area contributed by atoms with Crippen LogP contribution in [0.4, 0.5) is 0 Å². The Balaban J connectivity index is 1.69. The smallest absolute Gasteiger partial charge is 0.283 e. The number of sulfonamides is 1. The predicted molar refractivity (Wildman–Crippen MR) is 77.4 cm³/mol. The number of carbonyl (C=O) groups excluding carboxylic acids is 1. The van der Waals surface area contributed by atoms with Gasteiger partial charge in [0.05, 0.1) is 11.8 Å². The molecule has 2 aliphatic heterocycles. The van der Waals surface area contributed by atoms with Crippen molar-refractivity contribution in [1.82, 2.24) is 4.31 Å². The number of rotatable bonds is 1. The van der Waals surface area contributed by atoms with Crippen molar-refractivity contribution in [3.8, 4) is 0 Å². The van der Waals surface area contributed by atoms with E-state index in [1.807, 2.05) is 13.8 Å². The van der Waals surface area contributed by atoms with Crippen LogP contribution in [0.5, 0.6) is 0 Å². The fourth-order valence-electron chi connectivity index (χ4n) is 5.15. The second-order valence-corrected chi connectivity index (χ2v) is 9.51. The van der Waals surface area contributed by atoms with E-state index in [1.54, 1.807) is 6.92 Å². The second-order valence-electron chi connectivity index (χ2n) is 7.44. The zero-order valence-electron chi connectivity index (χ0n) is 12.8. The Bertz CT molecular complexity index is 700. The number of nitrogens with zero attached hydrogens (tertiary/aromatic N) is 2. The van der Waals surface area contributed by atoms with Gasteiger partial charge in [0.15, 0.2) is 0 Å². The summed E-state index contributed by atoms with van der Waals surface area (Å²) in [5.41, 5.74) is -0.0197. The summed E-state index contributed by atoms with van der Waals surface area (Å²) in [5.74, 6) is -0.371. The van der Waals surface area contributed by atoms with E-state index in [4.69, 9.17) is 4.84 Å². The molecule has 122 valence electrons. The van der Waals surface area contributed by atoms with Crippen LogP contribution in [0.1, 0.15) is 40.0 Å². The van der Waals surface area contributed by atoms with Crippen LogP contribution >= 0.6 is 0 Å². The number of aliphatic hydroxyl groups is 1. The van der Waals surface area contributed by atoms with Gasteiger partial charge in [-0.05, 0) is 37.5 Å². The first-order valence-electron chi connectivity index (χ1n) is 7.62. The van der Waals surface area contributed by atoms with Crippen molar-refractivity contribution >= 4 is 21.6 Å². The van der Waals surface area contributed by atoms with E-state index in [-0.39, 0.29) is 11.5 Å². The molecule has 4 aliphatic rings. The molecule has 8 heteroatoms. The van der Waals surface area contributed by atoms with Crippen LogP contribution < -0.4 is 0 Å². The highest BCUT2D eigenvalue weighted by Gasteiger charge is 2.81. The summed E-state index contributed by atoms with van der Waals surface area (Å²) in [6.45, 7) is 5.54. The maximum Gasteiger partial charge on any atom is 0.283 e. The van der Waals surface area contributed by atoms with E-state index in [9.17, 15) is 18.3 Å². The number of aliphatic hydroxyl groups excluding tert-OH is 1. The molecule has 1 spiro atoms. The fraction of sp³-hybridized carbons (Fsp3) is 0.857. The van der Waals surface area contributed by atoms with E-state index < -0.39 is 32.9 Å². The Morgan fingerprint density at radius 1 is 1.45 bits per heavy atom. The van der Waals surface area contributed by atoms with Crippen molar-refractivity contribution in [3.63, 3.8) is 0 Å². The predicted octanol–water partition coefficient (Wildman–Crippen LogP) is 0.241. The van der Waals surface area contributed by atoms with Crippen molar-refractivity contribution < 1.29 is 23.2 Å². The van der Waals surface area contributed by atoms with Crippen molar-refractivity contribution in [2.45, 2.75) is 63.0 Å². The van der Waals surface area contributed by atoms with Gasteiger partial charge in [-0.3, -0.25) is 4.79 Å². The zero-order valence-corrected chi connectivity index (χ0v) is 13.6. The van der Waals surface area contributed by atoms with E-state index in [0.717, 1.165) is 10.7 Å². The lowest BCUT2D eigenvalue weighted by molar-refractivity contribution is -0.145. The summed E-state index contributed by atoms with van der Waals surface area (Å²) in [6.07, 6.45) is -0.193. The molecule has 0 radical (unpaired) electrons. The number of hydrogen-bond donors (Lipinski definition) is 1. The Labute approximate surface area is 129 Å². The van der Waals surface area contributed by atoms with Gasteiger partial charge in [0.1, 0.15) is 10.9 Å². The summed E-state index contributed by atoms with van der Waals surface area (Å²) in [5, 5.41) is 13.5. The minimum Gasteiger partial charge on any atom is -0.382 e. The molecule has 2 saturated carbocycles. The van der Waals surface area contributed by atoms with Crippen molar-refractivity contribution in [3.05, 3.63) is 0 Å². The Morgan fingerprint density at radius 3 is 2.68 bits per heavy atom. The average molecular weight is 328 g/mol. The lowest BCUT2D eigenvalue weighted by atomic mass is 9.80. The second kappa shape index (κ2) is 3.84. The summed E-state index contributed by atoms with van der Waals surface area (Å²) >= 11 is 0. The van der Waals surface area contributed by atoms with Crippen LogP contribution in [0.3, 0.4) is 0 Å². The summed E-state index contributed by atoms with van der Waals surface area (Å²) < 4.78 is 26.0. The molecule has 0 unspecified atom stereocenters. The van der Waals surface area contributed by atoms with Crippen LogP contribution in [0.2, 0.25) is 0 Å². The van der Waals surface area contributed by atoms with Crippen LogP contribution in [0, 0.1) is 11.3 Å². The molecular weight excluding hydrogens is 308 g/mol. The molecule has 3 fully saturated rings. The molecular formula is C14H20N2O5S. The first-order valence-corrected chi connectivity index (χ1v) is 9.06. The largest absolute Gasteiger partial charge is 0.382 e. The molecule has 0 aromatic carbocycles. The SMILES string of the molecule is CC1=NO[C@@H](C(=O)N2[C@@H]3C[C@H]4CC[C@@]3(C4(C)C)S2(=O)=O)[C@@H]1O. The molecule has 2 heterocycles. The molecule has 22 heavy (non-hydrogen) atoms. The number of carbonyl (C=O) groups is 1. The Hall–Kier alpha value is -1.15. The molecule has 5 atom stereocenters. The number of amides is 1. The number of oxime groups is 1. The van der Waals surface area contributed by atoms with Crippen LogP contribution in [-0.2, 0) is 19.7 Å². The van der Waals surface area contributed by atoms with Gasteiger partial charge in [0, 0.05) is 0 Å². The lowest BCUT2D eigenvalue weighted by Gasteiger charge is -2.56. The Kier molecular flexibility index (Phi) is 2.52. The molecule has 0 aromatic rings. The van der Waals surface area contributed by atoms with Gasteiger partial charge in [-0.15, -0.1) is 0 Å². The van der Waals surface area contributed by atoms with Gasteiger partial charge in [-0.2, -0.15) is 0 Å². The minimum absolute atomic E-state index is 0.291. The molecule has 1 saturated heterocycles. The maximum absolute atomic E-state index is 12.9. The van der Waals surface area contributed by atoms with Gasteiger partial charge >= 0.3 is 0 Å². The van der Waals surface area contributed by atoms with Crippen LogP contribution in [-0.4, -0.2) is 52.4 Å². The third-order valence-electron chi connectivity index (χ3n) is 6.51. The fourth-order valence-corrected chi connectivity index (χ4v) is 8.03. The highest BCUT2D eigenvalue weighted by atomic mass is 32.2. The normalized spacial score (nSPS) is 46.7. The van der Waals surface area contributed by atoms with Gasteiger partial charge in [-0.1, -0.05) is 19.0 Å². The Morgan fingerprint density at radius 2 is 2.14 bits per heavy atom. The van der Waals surface area contributed by atoms with Crippen LogP contribution in [0.25, 0.3) is 0 Å². The lowest BCUT2D eigenvalue weighted by Crippen LogP contribution is -2.76. The van der Waals surface area contributed by atoms with Gasteiger partial charge in [0.2, 0.25) is 16.1 Å². The van der Waals surface area contributed by atoms with Gasteiger partial charge in [-0.25, -0.2) is 12.7 Å². The molecule has 7 nitrogen and oxygen atoms in total. The highest BCUT2D eigenvalue weighted by Crippen LogP contribution is 2.70. The average Bonchev–Trinajstić information content (AvgIpc) is 2.97. The maximum atomic E-state index is 12.9. The number of hydrogen-bond acceptors (Lipinski definition) is 6. The van der Waals surface area contributed by atoms with Gasteiger partial charge in [0.25, 0.3) is 5.91 Å². The molecule has 2 aliphatic carbocycles. The monoisotopic (exact) mass is 328 g/mol. The van der Waals surface area contributed by atoms with E-state index >= 15 is 0 Å². The summed E-state index contributed by atoms with van der Waals surface area (Å²) in [4.78, 5) is 17.6. The zero-order chi connectivity index (χ0) is 16.1. The first-order chi connectivity index (χ1) is 10.2. The molecule has 4 rings (SSSR count).